The lowest BCUT2D eigenvalue weighted by Crippen LogP contribution is -2.07. The highest BCUT2D eigenvalue weighted by Crippen LogP contribution is 2.39. The van der Waals surface area contributed by atoms with Crippen molar-refractivity contribution in [3.05, 3.63) is 33.2 Å². The smallest absolute Gasteiger partial charge is 0.311 e. The van der Waals surface area contributed by atoms with Gasteiger partial charge in [0.15, 0.2) is 11.5 Å². The van der Waals surface area contributed by atoms with E-state index in [9.17, 15) is 4.79 Å². The zero-order chi connectivity index (χ0) is 16.2. The average Bonchev–Trinajstić information content (AvgIpc) is 3.13. The van der Waals surface area contributed by atoms with Crippen molar-refractivity contribution in [2.24, 2.45) is 0 Å². The van der Waals surface area contributed by atoms with E-state index in [4.69, 9.17) is 14.2 Å². The molecule has 2 aromatic rings. The van der Waals surface area contributed by atoms with Gasteiger partial charge in [-0.3, -0.25) is 4.79 Å². The molecule has 0 radical (unpaired) electrons. The maximum absolute atomic E-state index is 11.5. The van der Waals surface area contributed by atoms with Crippen LogP contribution in [0.25, 0.3) is 0 Å². The lowest BCUT2D eigenvalue weighted by atomic mass is 10.2. The third kappa shape index (κ3) is 4.19. The summed E-state index contributed by atoms with van der Waals surface area (Å²) in [6.45, 7) is 2.45. The van der Waals surface area contributed by atoms with Crippen molar-refractivity contribution in [3.8, 4) is 11.5 Å². The number of nitrogens with zero attached hydrogens (tertiary/aromatic N) is 1. The standard InChI is InChI=1S/C15H14BrNO4S2/c1-2-19-14(18)4-10-7-23-15(17-10)22-6-9-3-12-13(5-11(9)16)21-8-20-12/h3,5,7H,2,4,6,8H2,1H3. The molecule has 2 heterocycles. The number of hydrogen-bond donors (Lipinski definition) is 0. The molecule has 0 amide bonds. The Bertz CT molecular complexity index is 719. The quantitative estimate of drug-likeness (QED) is 0.524. The predicted molar refractivity (Wildman–Crippen MR) is 92.3 cm³/mol. The van der Waals surface area contributed by atoms with Crippen LogP contribution in [-0.4, -0.2) is 24.4 Å². The second kappa shape index (κ2) is 7.55. The topological polar surface area (TPSA) is 57.7 Å². The summed E-state index contributed by atoms with van der Waals surface area (Å²) in [6, 6.07) is 3.90. The SMILES string of the molecule is CCOC(=O)Cc1csc(SCc2cc3c(cc2Br)OCO3)n1. The van der Waals surface area contributed by atoms with Crippen molar-refractivity contribution in [2.45, 2.75) is 23.4 Å². The summed E-state index contributed by atoms with van der Waals surface area (Å²) < 4.78 is 17.6. The molecule has 0 bridgehead atoms. The van der Waals surface area contributed by atoms with Crippen molar-refractivity contribution >= 4 is 45.0 Å². The number of aromatic nitrogens is 1. The Morgan fingerprint density at radius 1 is 1.43 bits per heavy atom. The lowest BCUT2D eigenvalue weighted by Gasteiger charge is -2.05. The first-order valence-electron chi connectivity index (χ1n) is 6.96. The van der Waals surface area contributed by atoms with E-state index in [1.54, 1.807) is 18.7 Å². The lowest BCUT2D eigenvalue weighted by molar-refractivity contribution is -0.142. The number of halogens is 1. The highest BCUT2D eigenvalue weighted by atomic mass is 79.9. The third-order valence-electron chi connectivity index (χ3n) is 3.05. The van der Waals surface area contributed by atoms with Gasteiger partial charge in [-0.15, -0.1) is 11.3 Å². The molecule has 0 saturated carbocycles. The molecule has 0 atom stereocenters. The number of rotatable bonds is 6. The van der Waals surface area contributed by atoms with Gasteiger partial charge in [0.05, 0.1) is 18.7 Å². The van der Waals surface area contributed by atoms with Crippen LogP contribution in [0, 0.1) is 0 Å². The Hall–Kier alpha value is -1.25. The summed E-state index contributed by atoms with van der Waals surface area (Å²) in [4.78, 5) is 15.9. The molecule has 3 rings (SSSR count). The summed E-state index contributed by atoms with van der Waals surface area (Å²) in [6.07, 6.45) is 0.221. The molecule has 0 aliphatic carbocycles. The average molecular weight is 416 g/mol. The van der Waals surface area contributed by atoms with Gasteiger partial charge in [0.25, 0.3) is 0 Å². The minimum Gasteiger partial charge on any atom is -0.466 e. The molecule has 1 aliphatic rings. The van der Waals surface area contributed by atoms with Crippen LogP contribution >= 0.6 is 39.0 Å². The molecule has 5 nitrogen and oxygen atoms in total. The van der Waals surface area contributed by atoms with E-state index < -0.39 is 0 Å². The number of thiazole rings is 1. The molecule has 0 saturated heterocycles. The van der Waals surface area contributed by atoms with Crippen molar-refractivity contribution in [3.63, 3.8) is 0 Å². The highest BCUT2D eigenvalue weighted by molar-refractivity contribution is 9.10. The normalized spacial score (nSPS) is 12.4. The minimum absolute atomic E-state index is 0.221. The van der Waals surface area contributed by atoms with Gasteiger partial charge in [-0.25, -0.2) is 4.98 Å². The Morgan fingerprint density at radius 2 is 2.22 bits per heavy atom. The largest absolute Gasteiger partial charge is 0.466 e. The first-order valence-corrected chi connectivity index (χ1v) is 9.62. The van der Waals surface area contributed by atoms with Crippen LogP contribution in [0.3, 0.4) is 0 Å². The molecule has 8 heteroatoms. The van der Waals surface area contributed by atoms with Gasteiger partial charge in [-0.05, 0) is 24.6 Å². The van der Waals surface area contributed by atoms with Crippen LogP contribution in [0.4, 0.5) is 0 Å². The zero-order valence-electron chi connectivity index (χ0n) is 12.3. The zero-order valence-corrected chi connectivity index (χ0v) is 15.6. The summed E-state index contributed by atoms with van der Waals surface area (Å²) in [5.41, 5.74) is 1.86. The van der Waals surface area contributed by atoms with Gasteiger partial charge < -0.3 is 14.2 Å². The predicted octanol–water partition coefficient (Wildman–Crippen LogP) is 4.03. The summed E-state index contributed by atoms with van der Waals surface area (Å²) in [7, 11) is 0. The molecule has 0 fully saturated rings. The fraction of sp³-hybridized carbons (Fsp3) is 0.333. The number of hydrogen-bond acceptors (Lipinski definition) is 7. The van der Waals surface area contributed by atoms with Crippen LogP contribution in [0.1, 0.15) is 18.2 Å². The van der Waals surface area contributed by atoms with Gasteiger partial charge >= 0.3 is 5.97 Å². The van der Waals surface area contributed by atoms with Crippen molar-refractivity contribution in [1.82, 2.24) is 4.98 Å². The van der Waals surface area contributed by atoms with Gasteiger partial charge in [0, 0.05) is 15.6 Å². The molecular formula is C15H14BrNO4S2. The molecule has 0 unspecified atom stereocenters. The number of benzene rings is 1. The molecule has 0 N–H and O–H groups in total. The second-order valence-corrected chi connectivity index (χ2v) is 7.61. The summed E-state index contributed by atoms with van der Waals surface area (Å²) in [5, 5.41) is 1.90. The molecular weight excluding hydrogens is 402 g/mol. The van der Waals surface area contributed by atoms with Gasteiger partial charge in [0.1, 0.15) is 4.34 Å². The minimum atomic E-state index is -0.243. The Labute approximate surface area is 150 Å². The van der Waals surface area contributed by atoms with E-state index in [0.29, 0.717) is 6.61 Å². The molecule has 1 aliphatic heterocycles. The van der Waals surface area contributed by atoms with Crippen LogP contribution in [0.5, 0.6) is 11.5 Å². The third-order valence-corrected chi connectivity index (χ3v) is 5.91. The second-order valence-electron chi connectivity index (χ2n) is 4.67. The van der Waals surface area contributed by atoms with E-state index in [2.05, 4.69) is 20.9 Å². The van der Waals surface area contributed by atoms with Crippen LogP contribution in [0.15, 0.2) is 26.3 Å². The van der Waals surface area contributed by atoms with Crippen LogP contribution in [-0.2, 0) is 21.7 Å². The first-order chi connectivity index (χ1) is 11.2. The number of esters is 1. The number of ether oxygens (including phenoxy) is 3. The van der Waals surface area contributed by atoms with Crippen molar-refractivity contribution < 1.29 is 19.0 Å². The monoisotopic (exact) mass is 415 g/mol. The van der Waals surface area contributed by atoms with Crippen LogP contribution in [0.2, 0.25) is 0 Å². The van der Waals surface area contributed by atoms with Crippen LogP contribution < -0.4 is 9.47 Å². The Balaban J connectivity index is 1.61. The summed E-state index contributed by atoms with van der Waals surface area (Å²) >= 11 is 6.71. The maximum atomic E-state index is 11.5. The Morgan fingerprint density at radius 3 is 3.00 bits per heavy atom. The van der Waals surface area contributed by atoms with Crippen molar-refractivity contribution in [2.75, 3.05) is 13.4 Å². The molecule has 23 heavy (non-hydrogen) atoms. The number of carbonyl (C=O) groups excluding carboxylic acids is 1. The molecule has 1 aromatic heterocycles. The van der Waals surface area contributed by atoms with Gasteiger partial charge in [-0.2, -0.15) is 0 Å². The number of thioether (sulfide) groups is 1. The molecule has 0 spiro atoms. The van der Waals surface area contributed by atoms with E-state index in [1.807, 2.05) is 17.5 Å². The van der Waals surface area contributed by atoms with E-state index in [0.717, 1.165) is 37.3 Å². The van der Waals surface area contributed by atoms with Gasteiger partial charge in [0.2, 0.25) is 6.79 Å². The fourth-order valence-electron chi connectivity index (χ4n) is 2.01. The summed E-state index contributed by atoms with van der Waals surface area (Å²) in [5.74, 6) is 2.04. The van der Waals surface area contributed by atoms with Gasteiger partial charge in [-0.1, -0.05) is 27.7 Å². The molecule has 122 valence electrons. The number of fused-ring (bicyclic) bond motifs is 1. The van der Waals surface area contributed by atoms with Crippen molar-refractivity contribution in [1.29, 1.82) is 0 Å². The highest BCUT2D eigenvalue weighted by Gasteiger charge is 2.17. The van der Waals surface area contributed by atoms with E-state index >= 15 is 0 Å². The first kappa shape index (κ1) is 16.6. The van der Waals surface area contributed by atoms with E-state index in [-0.39, 0.29) is 19.2 Å². The fourth-order valence-corrected chi connectivity index (χ4v) is 4.49. The molecule has 1 aromatic carbocycles. The Kier molecular flexibility index (Phi) is 5.45. The van der Waals surface area contributed by atoms with E-state index in [1.165, 1.54) is 11.3 Å². The maximum Gasteiger partial charge on any atom is 0.311 e. The number of carbonyl (C=O) groups is 1.